The van der Waals surface area contributed by atoms with Crippen LogP contribution >= 0.6 is 24.0 Å². The van der Waals surface area contributed by atoms with Gasteiger partial charge in [0.1, 0.15) is 11.4 Å². The van der Waals surface area contributed by atoms with E-state index in [1.54, 1.807) is 6.07 Å². The summed E-state index contributed by atoms with van der Waals surface area (Å²) in [6.07, 6.45) is 1.39. The summed E-state index contributed by atoms with van der Waals surface area (Å²) in [4.78, 5) is 25.8. The van der Waals surface area contributed by atoms with Gasteiger partial charge in [0.05, 0.1) is 24.8 Å². The van der Waals surface area contributed by atoms with Crippen LogP contribution in [0.5, 0.6) is 11.5 Å². The molecular weight excluding hydrogens is 405 g/mol. The third-order valence-corrected chi connectivity index (χ3v) is 5.27. The second-order valence-electron chi connectivity index (χ2n) is 5.54. The van der Waals surface area contributed by atoms with Crippen molar-refractivity contribution in [3.05, 3.63) is 58.2 Å². The predicted molar refractivity (Wildman–Crippen MR) is 109 cm³/mol. The van der Waals surface area contributed by atoms with E-state index in [0.717, 1.165) is 16.7 Å². The van der Waals surface area contributed by atoms with E-state index in [1.165, 1.54) is 50.6 Å². The van der Waals surface area contributed by atoms with Gasteiger partial charge in [-0.2, -0.15) is 0 Å². The number of aromatic carboxylic acids is 1. The maximum absolute atomic E-state index is 14.1. The topological polar surface area (TPSA) is 76.1 Å². The summed E-state index contributed by atoms with van der Waals surface area (Å²) in [6, 6.07) is 8.82. The number of amides is 1. The van der Waals surface area contributed by atoms with E-state index in [0.29, 0.717) is 0 Å². The summed E-state index contributed by atoms with van der Waals surface area (Å²) < 4.78 is 24.6. The molecule has 0 aliphatic carbocycles. The summed E-state index contributed by atoms with van der Waals surface area (Å²) in [7, 11) is 2.72. The number of carboxylic acid groups (broad SMARTS) is 1. The summed E-state index contributed by atoms with van der Waals surface area (Å²) in [6.45, 7) is 0. The fourth-order valence-corrected chi connectivity index (χ4v) is 4.01. The first-order valence-electron chi connectivity index (χ1n) is 7.89. The van der Waals surface area contributed by atoms with Crippen molar-refractivity contribution in [1.29, 1.82) is 0 Å². The van der Waals surface area contributed by atoms with Crippen molar-refractivity contribution >= 4 is 51.9 Å². The van der Waals surface area contributed by atoms with E-state index in [4.69, 9.17) is 21.7 Å². The molecule has 6 nitrogen and oxygen atoms in total. The van der Waals surface area contributed by atoms with Crippen LogP contribution in [0.1, 0.15) is 15.9 Å². The molecule has 0 bridgehead atoms. The summed E-state index contributed by atoms with van der Waals surface area (Å²) in [5.74, 6) is -2.08. The Morgan fingerprint density at radius 2 is 1.93 bits per heavy atom. The Balaban J connectivity index is 2.08. The number of methoxy groups -OCH3 is 2. The number of carbonyl (C=O) groups is 2. The van der Waals surface area contributed by atoms with Gasteiger partial charge < -0.3 is 14.6 Å². The highest BCUT2D eigenvalue weighted by Gasteiger charge is 2.35. The van der Waals surface area contributed by atoms with Crippen LogP contribution in [0, 0.1) is 5.82 Å². The number of hydrogen-bond donors (Lipinski definition) is 1. The molecule has 28 heavy (non-hydrogen) atoms. The third-order valence-electron chi connectivity index (χ3n) is 3.97. The van der Waals surface area contributed by atoms with Crippen LogP contribution in [-0.4, -0.2) is 35.5 Å². The van der Waals surface area contributed by atoms with Crippen LogP contribution in [0.25, 0.3) is 6.08 Å². The zero-order chi connectivity index (χ0) is 20.4. The Bertz CT molecular complexity index is 1020. The minimum atomic E-state index is -1.24. The number of hydrogen-bond acceptors (Lipinski definition) is 6. The van der Waals surface area contributed by atoms with E-state index in [-0.39, 0.29) is 37.5 Å². The largest absolute Gasteiger partial charge is 0.493 e. The van der Waals surface area contributed by atoms with Crippen LogP contribution in [-0.2, 0) is 4.79 Å². The fraction of sp³-hybridized carbons (Fsp3) is 0.105. The maximum atomic E-state index is 14.1. The van der Waals surface area contributed by atoms with E-state index in [1.807, 2.05) is 0 Å². The number of anilines is 1. The number of para-hydroxylation sites is 1. The summed E-state index contributed by atoms with van der Waals surface area (Å²) >= 11 is 6.19. The molecule has 2 aromatic rings. The van der Waals surface area contributed by atoms with Crippen LogP contribution in [0.4, 0.5) is 10.1 Å². The Kier molecular flexibility index (Phi) is 5.66. The van der Waals surface area contributed by atoms with Crippen molar-refractivity contribution in [2.24, 2.45) is 0 Å². The van der Waals surface area contributed by atoms with Gasteiger partial charge in [0, 0.05) is 0 Å². The molecule has 1 saturated heterocycles. The van der Waals surface area contributed by atoms with E-state index in [2.05, 4.69) is 0 Å². The molecule has 3 rings (SSSR count). The van der Waals surface area contributed by atoms with Crippen LogP contribution in [0.15, 0.2) is 41.3 Å². The lowest BCUT2D eigenvalue weighted by atomic mass is 10.0. The lowest BCUT2D eigenvalue weighted by molar-refractivity contribution is -0.113. The average molecular weight is 419 g/mol. The highest BCUT2D eigenvalue weighted by atomic mass is 32.2. The van der Waals surface area contributed by atoms with E-state index in [9.17, 15) is 19.1 Å². The predicted octanol–water partition coefficient (Wildman–Crippen LogP) is 3.95. The lowest BCUT2D eigenvalue weighted by Gasteiger charge is -2.15. The Hall–Kier alpha value is -2.91. The molecule has 0 atom stereocenters. The van der Waals surface area contributed by atoms with E-state index >= 15 is 0 Å². The van der Waals surface area contributed by atoms with E-state index < -0.39 is 17.7 Å². The number of carboxylic acids is 1. The molecule has 1 aliphatic rings. The van der Waals surface area contributed by atoms with Crippen LogP contribution < -0.4 is 14.4 Å². The van der Waals surface area contributed by atoms with Gasteiger partial charge in [-0.15, -0.1) is 0 Å². The van der Waals surface area contributed by atoms with Gasteiger partial charge in [-0.3, -0.25) is 9.69 Å². The first-order valence-corrected chi connectivity index (χ1v) is 9.12. The minimum Gasteiger partial charge on any atom is -0.493 e. The van der Waals surface area contributed by atoms with Gasteiger partial charge in [-0.25, -0.2) is 9.18 Å². The van der Waals surface area contributed by atoms with Gasteiger partial charge >= 0.3 is 5.97 Å². The van der Waals surface area contributed by atoms with Gasteiger partial charge in [0.15, 0.2) is 15.8 Å². The monoisotopic (exact) mass is 419 g/mol. The Morgan fingerprint density at radius 3 is 2.54 bits per heavy atom. The van der Waals surface area contributed by atoms with Crippen molar-refractivity contribution in [2.75, 3.05) is 19.1 Å². The van der Waals surface area contributed by atoms with Crippen molar-refractivity contribution in [3.8, 4) is 11.5 Å². The van der Waals surface area contributed by atoms with Gasteiger partial charge in [0.2, 0.25) is 0 Å². The SMILES string of the molecule is COc1ccc(/C=C2/SC(=S)N(c3ccccc3F)C2=O)c(C(=O)O)c1OC. The number of nitrogens with zero attached hydrogens (tertiary/aromatic N) is 1. The molecule has 1 heterocycles. The molecule has 0 saturated carbocycles. The number of benzene rings is 2. The summed E-state index contributed by atoms with van der Waals surface area (Å²) in [5.41, 5.74) is 0.122. The standard InChI is InChI=1S/C19H14FNO5S2/c1-25-13-8-7-10(15(18(23)24)16(13)26-2)9-14-17(22)21(19(27)28-14)12-6-4-3-5-11(12)20/h3-9H,1-2H3,(H,23,24)/b14-9+. The molecule has 1 fully saturated rings. The molecule has 2 aromatic carbocycles. The van der Waals surface area contributed by atoms with Gasteiger partial charge in [-0.1, -0.05) is 42.2 Å². The maximum Gasteiger partial charge on any atom is 0.340 e. The van der Waals surface area contributed by atoms with Gasteiger partial charge in [0.25, 0.3) is 5.91 Å². The lowest BCUT2D eigenvalue weighted by Crippen LogP contribution is -2.28. The van der Waals surface area contributed by atoms with Crippen molar-refractivity contribution in [2.45, 2.75) is 0 Å². The molecule has 1 amide bonds. The number of ether oxygens (including phenoxy) is 2. The minimum absolute atomic E-state index is 0.0355. The molecule has 9 heteroatoms. The smallest absolute Gasteiger partial charge is 0.340 e. The first kappa shape index (κ1) is 19.8. The number of thioether (sulfide) groups is 1. The van der Waals surface area contributed by atoms with Crippen LogP contribution in [0.2, 0.25) is 0 Å². The van der Waals surface area contributed by atoms with Crippen molar-refractivity contribution < 1.29 is 28.6 Å². The quantitative estimate of drug-likeness (QED) is 0.581. The molecular formula is C19H14FNO5S2. The zero-order valence-electron chi connectivity index (χ0n) is 14.8. The van der Waals surface area contributed by atoms with Crippen molar-refractivity contribution in [1.82, 2.24) is 0 Å². The molecule has 1 N–H and O–H groups in total. The number of thiocarbonyl (C=S) groups is 1. The molecule has 0 spiro atoms. The molecule has 0 unspecified atom stereocenters. The number of rotatable bonds is 5. The summed E-state index contributed by atoms with van der Waals surface area (Å²) in [5, 5.41) is 9.61. The zero-order valence-corrected chi connectivity index (χ0v) is 16.4. The normalized spacial score (nSPS) is 15.2. The average Bonchev–Trinajstić information content (AvgIpc) is 2.94. The molecule has 1 aliphatic heterocycles. The first-order chi connectivity index (χ1) is 13.4. The highest BCUT2D eigenvalue weighted by Crippen LogP contribution is 2.39. The fourth-order valence-electron chi connectivity index (χ4n) is 2.73. The molecule has 0 radical (unpaired) electrons. The molecule has 0 aromatic heterocycles. The number of carbonyl (C=O) groups excluding carboxylic acids is 1. The second-order valence-corrected chi connectivity index (χ2v) is 7.21. The van der Waals surface area contributed by atoms with Crippen LogP contribution in [0.3, 0.4) is 0 Å². The van der Waals surface area contributed by atoms with Gasteiger partial charge in [-0.05, 0) is 29.8 Å². The van der Waals surface area contributed by atoms with Crippen molar-refractivity contribution in [3.63, 3.8) is 0 Å². The Labute approximate surface area is 169 Å². The number of halogens is 1. The Morgan fingerprint density at radius 1 is 1.21 bits per heavy atom. The highest BCUT2D eigenvalue weighted by molar-refractivity contribution is 8.27. The third kappa shape index (κ3) is 3.46. The molecule has 144 valence electrons. The second kappa shape index (κ2) is 7.99.